The molecular formula is C13H8FNO2S2. The Labute approximate surface area is 114 Å². The van der Waals surface area contributed by atoms with E-state index in [9.17, 15) is 12.8 Å². The molecule has 0 spiro atoms. The van der Waals surface area contributed by atoms with E-state index in [2.05, 4.69) is 0 Å². The van der Waals surface area contributed by atoms with Crippen molar-refractivity contribution < 1.29 is 12.8 Å². The molecule has 0 unspecified atom stereocenters. The summed E-state index contributed by atoms with van der Waals surface area (Å²) in [6, 6.07) is 9.53. The first kappa shape index (κ1) is 13.5. The Hall–Kier alpha value is -1.97. The molecule has 2 rings (SSSR count). The zero-order valence-corrected chi connectivity index (χ0v) is 11.2. The Balaban J connectivity index is 2.49. The number of allylic oxidation sites excluding steroid dienone is 1. The van der Waals surface area contributed by atoms with E-state index in [-0.39, 0.29) is 9.80 Å². The van der Waals surface area contributed by atoms with Crippen molar-refractivity contribution in [1.82, 2.24) is 0 Å². The van der Waals surface area contributed by atoms with Crippen LogP contribution in [0.2, 0.25) is 0 Å². The summed E-state index contributed by atoms with van der Waals surface area (Å²) in [5.74, 6) is -0.528. The Morgan fingerprint density at radius 2 is 1.95 bits per heavy atom. The first-order valence-corrected chi connectivity index (χ1v) is 7.56. The molecule has 3 nitrogen and oxygen atoms in total. The van der Waals surface area contributed by atoms with Crippen LogP contribution >= 0.6 is 11.3 Å². The van der Waals surface area contributed by atoms with Crippen LogP contribution in [-0.4, -0.2) is 8.42 Å². The second-order valence-electron chi connectivity index (χ2n) is 3.59. The monoisotopic (exact) mass is 293 g/mol. The molecule has 0 aliphatic carbocycles. The molecule has 0 aliphatic heterocycles. The predicted molar refractivity (Wildman–Crippen MR) is 71.5 cm³/mol. The SMILES string of the molecule is N#C/C(=C\c1cccs1)S(=O)(=O)c1ccc(F)cc1. The highest BCUT2D eigenvalue weighted by atomic mass is 32.2. The minimum Gasteiger partial charge on any atom is -0.218 e. The fourth-order valence-electron chi connectivity index (χ4n) is 1.41. The van der Waals surface area contributed by atoms with Crippen LogP contribution in [-0.2, 0) is 9.84 Å². The second-order valence-corrected chi connectivity index (χ2v) is 6.49. The van der Waals surface area contributed by atoms with Crippen LogP contribution in [0.5, 0.6) is 0 Å². The Morgan fingerprint density at radius 3 is 2.47 bits per heavy atom. The molecule has 0 atom stereocenters. The largest absolute Gasteiger partial charge is 0.218 e. The molecule has 0 saturated carbocycles. The lowest BCUT2D eigenvalue weighted by molar-refractivity contribution is 0.601. The maximum atomic E-state index is 12.8. The summed E-state index contributed by atoms with van der Waals surface area (Å²) in [4.78, 5) is 0.210. The van der Waals surface area contributed by atoms with Crippen molar-refractivity contribution in [2.24, 2.45) is 0 Å². The van der Waals surface area contributed by atoms with Gasteiger partial charge in [0.15, 0.2) is 4.91 Å². The fourth-order valence-corrected chi connectivity index (χ4v) is 3.30. The second kappa shape index (κ2) is 5.34. The van der Waals surface area contributed by atoms with Crippen molar-refractivity contribution in [2.45, 2.75) is 4.90 Å². The van der Waals surface area contributed by atoms with E-state index >= 15 is 0 Å². The third-order valence-electron chi connectivity index (χ3n) is 2.34. The van der Waals surface area contributed by atoms with Gasteiger partial charge in [0.1, 0.15) is 11.9 Å². The first-order valence-electron chi connectivity index (χ1n) is 5.20. The maximum absolute atomic E-state index is 12.8. The van der Waals surface area contributed by atoms with Crippen LogP contribution in [0.15, 0.2) is 51.6 Å². The third kappa shape index (κ3) is 2.89. The Bertz CT molecular complexity index is 739. The highest BCUT2D eigenvalue weighted by Crippen LogP contribution is 2.22. The van der Waals surface area contributed by atoms with E-state index in [4.69, 9.17) is 5.26 Å². The van der Waals surface area contributed by atoms with Crippen LogP contribution in [0.3, 0.4) is 0 Å². The number of benzene rings is 1. The molecule has 1 aromatic carbocycles. The first-order chi connectivity index (χ1) is 9.04. The van der Waals surface area contributed by atoms with E-state index in [1.807, 2.05) is 0 Å². The van der Waals surface area contributed by atoms with Gasteiger partial charge in [0, 0.05) is 4.88 Å². The number of hydrogen-bond acceptors (Lipinski definition) is 4. The Morgan fingerprint density at radius 1 is 1.26 bits per heavy atom. The molecule has 1 heterocycles. The van der Waals surface area contributed by atoms with Gasteiger partial charge in [-0.05, 0) is 41.8 Å². The van der Waals surface area contributed by atoms with Crippen molar-refractivity contribution in [3.05, 3.63) is 57.4 Å². The highest BCUT2D eigenvalue weighted by Gasteiger charge is 2.20. The van der Waals surface area contributed by atoms with Crippen LogP contribution < -0.4 is 0 Å². The number of hydrogen-bond donors (Lipinski definition) is 0. The van der Waals surface area contributed by atoms with Crippen LogP contribution in [0, 0.1) is 17.1 Å². The van der Waals surface area contributed by atoms with Gasteiger partial charge in [-0.2, -0.15) is 5.26 Å². The van der Waals surface area contributed by atoms with Gasteiger partial charge in [0.25, 0.3) is 0 Å². The van der Waals surface area contributed by atoms with E-state index in [1.54, 1.807) is 23.6 Å². The van der Waals surface area contributed by atoms with Crippen molar-refractivity contribution in [2.75, 3.05) is 0 Å². The summed E-state index contributed by atoms with van der Waals surface area (Å²) in [6.45, 7) is 0. The van der Waals surface area contributed by atoms with Gasteiger partial charge >= 0.3 is 0 Å². The van der Waals surface area contributed by atoms with Crippen LogP contribution in [0.4, 0.5) is 4.39 Å². The molecule has 1 aromatic heterocycles. The van der Waals surface area contributed by atoms with Gasteiger partial charge in [-0.1, -0.05) is 6.07 Å². The van der Waals surface area contributed by atoms with Gasteiger partial charge in [0.05, 0.1) is 4.90 Å². The molecule has 0 N–H and O–H groups in total. The van der Waals surface area contributed by atoms with E-state index in [1.165, 1.54) is 17.4 Å². The highest BCUT2D eigenvalue weighted by molar-refractivity contribution is 7.95. The summed E-state index contributed by atoms with van der Waals surface area (Å²) in [5.41, 5.74) is 0. The molecule has 0 saturated heterocycles. The smallest absolute Gasteiger partial charge is 0.216 e. The quantitative estimate of drug-likeness (QED) is 0.645. The zero-order chi connectivity index (χ0) is 13.9. The summed E-state index contributed by atoms with van der Waals surface area (Å²) in [5, 5.41) is 10.8. The fraction of sp³-hybridized carbons (Fsp3) is 0. The number of halogens is 1. The minimum atomic E-state index is -3.90. The van der Waals surface area contributed by atoms with Crippen molar-refractivity contribution in [1.29, 1.82) is 5.26 Å². The molecule has 0 bridgehead atoms. The summed E-state index contributed by atoms with van der Waals surface area (Å²) in [7, 11) is -3.90. The van der Waals surface area contributed by atoms with Gasteiger partial charge in [0.2, 0.25) is 9.84 Å². The maximum Gasteiger partial charge on any atom is 0.216 e. The number of nitriles is 1. The average molecular weight is 293 g/mol. The van der Waals surface area contributed by atoms with Crippen molar-refractivity contribution in [3.8, 4) is 6.07 Å². The minimum absolute atomic E-state index is 0.0988. The van der Waals surface area contributed by atoms with Crippen molar-refractivity contribution in [3.63, 3.8) is 0 Å². The number of thiophene rings is 1. The van der Waals surface area contributed by atoms with Gasteiger partial charge < -0.3 is 0 Å². The number of sulfone groups is 1. The lowest BCUT2D eigenvalue weighted by atomic mass is 10.3. The third-order valence-corrected chi connectivity index (χ3v) is 4.84. The average Bonchev–Trinajstić information content (AvgIpc) is 2.89. The normalized spacial score (nSPS) is 12.1. The molecule has 2 aromatic rings. The summed E-state index contributed by atoms with van der Waals surface area (Å²) < 4.78 is 37.2. The van der Waals surface area contributed by atoms with E-state index in [0.717, 1.165) is 24.3 Å². The molecular weight excluding hydrogens is 285 g/mol. The number of nitrogens with zero attached hydrogens (tertiary/aromatic N) is 1. The summed E-state index contributed by atoms with van der Waals surface area (Å²) in [6.07, 6.45) is 1.31. The standard InChI is InChI=1S/C13H8FNO2S2/c14-10-3-5-12(6-4-10)19(16,17)13(9-15)8-11-2-1-7-18-11/h1-8H/b13-8+. The zero-order valence-electron chi connectivity index (χ0n) is 9.58. The van der Waals surface area contributed by atoms with Gasteiger partial charge in [-0.3, -0.25) is 0 Å². The van der Waals surface area contributed by atoms with Crippen LogP contribution in [0.1, 0.15) is 4.88 Å². The lowest BCUT2D eigenvalue weighted by Crippen LogP contribution is -2.03. The molecule has 0 amide bonds. The molecule has 0 fully saturated rings. The van der Waals surface area contributed by atoms with Gasteiger partial charge in [-0.15, -0.1) is 11.3 Å². The molecule has 6 heteroatoms. The van der Waals surface area contributed by atoms with Gasteiger partial charge in [-0.25, -0.2) is 12.8 Å². The summed E-state index contributed by atoms with van der Waals surface area (Å²) >= 11 is 1.33. The topological polar surface area (TPSA) is 57.9 Å². The molecule has 96 valence electrons. The lowest BCUT2D eigenvalue weighted by Gasteiger charge is -2.02. The number of rotatable bonds is 3. The molecule has 19 heavy (non-hydrogen) atoms. The van der Waals surface area contributed by atoms with E-state index < -0.39 is 15.7 Å². The van der Waals surface area contributed by atoms with Crippen molar-refractivity contribution >= 4 is 27.3 Å². The van der Waals surface area contributed by atoms with Crippen LogP contribution in [0.25, 0.3) is 6.08 Å². The van der Waals surface area contributed by atoms with E-state index in [0.29, 0.717) is 4.88 Å². The molecule has 0 aliphatic rings. The Kier molecular flexibility index (Phi) is 3.79. The molecule has 0 radical (unpaired) electrons. The predicted octanol–water partition coefficient (Wildman–Crippen LogP) is 3.23.